The molecule has 0 radical (unpaired) electrons. The van der Waals surface area contributed by atoms with E-state index in [0.29, 0.717) is 11.9 Å². The van der Waals surface area contributed by atoms with Gasteiger partial charge in [0.2, 0.25) is 5.91 Å². The summed E-state index contributed by atoms with van der Waals surface area (Å²) in [7, 11) is 3.98. The topological polar surface area (TPSA) is 67.2 Å². The van der Waals surface area contributed by atoms with Crippen molar-refractivity contribution >= 4 is 33.1 Å². The molecule has 0 saturated heterocycles. The molecule has 0 bridgehead atoms. The maximum atomic E-state index is 12.9. The molecule has 3 aromatic rings. The number of nitrogens with one attached hydrogen (secondary N) is 1. The van der Waals surface area contributed by atoms with Gasteiger partial charge in [0, 0.05) is 31.2 Å². The zero-order valence-electron chi connectivity index (χ0n) is 16.2. The van der Waals surface area contributed by atoms with Gasteiger partial charge in [0.15, 0.2) is 0 Å². The van der Waals surface area contributed by atoms with Crippen LogP contribution in [0.5, 0.6) is 0 Å². The fraction of sp³-hybridized carbons (Fsp3) is 0.381. The van der Waals surface area contributed by atoms with E-state index in [2.05, 4.69) is 10.3 Å². The van der Waals surface area contributed by atoms with Crippen LogP contribution in [0.2, 0.25) is 0 Å². The van der Waals surface area contributed by atoms with Crippen LogP contribution in [-0.2, 0) is 30.7 Å². The van der Waals surface area contributed by atoms with Gasteiger partial charge < -0.3 is 10.2 Å². The number of carbonyl (C=O) groups is 1. The number of carbonyl (C=O) groups excluding carboxylic acids is 1. The van der Waals surface area contributed by atoms with Crippen LogP contribution in [0.4, 0.5) is 5.69 Å². The Morgan fingerprint density at radius 3 is 2.71 bits per heavy atom. The SMILES string of the molecule is CN(C)c1ccc(CNC(=O)Cn2cnc3sc4c(c3c2=O)CCCC4)cc1. The Labute approximate surface area is 167 Å². The highest BCUT2D eigenvalue weighted by Crippen LogP contribution is 2.33. The lowest BCUT2D eigenvalue weighted by atomic mass is 9.97. The van der Waals surface area contributed by atoms with Crippen molar-refractivity contribution in [3.8, 4) is 0 Å². The fourth-order valence-electron chi connectivity index (χ4n) is 3.62. The van der Waals surface area contributed by atoms with Crippen molar-refractivity contribution in [3.05, 3.63) is 57.0 Å². The molecule has 4 rings (SSSR count). The van der Waals surface area contributed by atoms with Crippen molar-refractivity contribution in [3.63, 3.8) is 0 Å². The number of aryl methyl sites for hydroxylation is 2. The highest BCUT2D eigenvalue weighted by Gasteiger charge is 2.20. The number of hydrogen-bond donors (Lipinski definition) is 1. The monoisotopic (exact) mass is 396 g/mol. The van der Waals surface area contributed by atoms with Crippen LogP contribution in [0.1, 0.15) is 28.8 Å². The van der Waals surface area contributed by atoms with Gasteiger partial charge in [0.05, 0.1) is 11.7 Å². The lowest BCUT2D eigenvalue weighted by Gasteiger charge is -2.13. The minimum atomic E-state index is -0.191. The van der Waals surface area contributed by atoms with Crippen molar-refractivity contribution in [1.82, 2.24) is 14.9 Å². The van der Waals surface area contributed by atoms with E-state index < -0.39 is 0 Å². The van der Waals surface area contributed by atoms with Gasteiger partial charge in [-0.1, -0.05) is 12.1 Å². The molecule has 2 heterocycles. The number of fused-ring (bicyclic) bond motifs is 3. The molecular formula is C21H24N4O2S. The van der Waals surface area contributed by atoms with Crippen LogP contribution in [0.25, 0.3) is 10.2 Å². The van der Waals surface area contributed by atoms with E-state index in [4.69, 9.17) is 0 Å². The number of hydrogen-bond acceptors (Lipinski definition) is 5. The first kappa shape index (κ1) is 18.7. The predicted octanol–water partition coefficient (Wildman–Crippen LogP) is 2.72. The lowest BCUT2D eigenvalue weighted by Crippen LogP contribution is -2.32. The van der Waals surface area contributed by atoms with Crippen LogP contribution in [0.3, 0.4) is 0 Å². The summed E-state index contributed by atoms with van der Waals surface area (Å²) in [6, 6.07) is 8.02. The van der Waals surface area contributed by atoms with Crippen LogP contribution < -0.4 is 15.8 Å². The molecule has 1 N–H and O–H groups in total. The summed E-state index contributed by atoms with van der Waals surface area (Å²) in [6.07, 6.45) is 5.75. The summed E-state index contributed by atoms with van der Waals surface area (Å²) in [5.41, 5.74) is 3.18. The number of benzene rings is 1. The number of aromatic nitrogens is 2. The highest BCUT2D eigenvalue weighted by atomic mass is 32.1. The summed E-state index contributed by atoms with van der Waals surface area (Å²) in [5.74, 6) is -0.191. The second-order valence-electron chi connectivity index (χ2n) is 7.41. The zero-order chi connectivity index (χ0) is 19.7. The molecule has 0 saturated carbocycles. The standard InChI is InChI=1S/C21H24N4O2S/c1-24(2)15-9-7-14(8-10-15)11-22-18(26)12-25-13-23-20-19(21(25)27)16-5-3-4-6-17(16)28-20/h7-10,13H,3-6,11-12H2,1-2H3,(H,22,26). The molecule has 28 heavy (non-hydrogen) atoms. The minimum Gasteiger partial charge on any atom is -0.378 e. The Hall–Kier alpha value is -2.67. The maximum Gasteiger partial charge on any atom is 0.262 e. The van der Waals surface area contributed by atoms with Crippen LogP contribution in [0.15, 0.2) is 35.4 Å². The number of rotatable bonds is 5. The highest BCUT2D eigenvalue weighted by molar-refractivity contribution is 7.18. The molecular weight excluding hydrogens is 372 g/mol. The lowest BCUT2D eigenvalue weighted by molar-refractivity contribution is -0.121. The summed E-state index contributed by atoms with van der Waals surface area (Å²) in [4.78, 5) is 33.8. The third-order valence-electron chi connectivity index (χ3n) is 5.20. The summed E-state index contributed by atoms with van der Waals surface area (Å²) < 4.78 is 1.43. The quantitative estimate of drug-likeness (QED) is 0.720. The molecule has 0 unspecified atom stereocenters. The van der Waals surface area contributed by atoms with Gasteiger partial charge in [0.25, 0.3) is 5.56 Å². The molecule has 2 aromatic heterocycles. The molecule has 1 aromatic carbocycles. The Kier molecular flexibility index (Phi) is 5.17. The molecule has 7 heteroatoms. The second-order valence-corrected chi connectivity index (χ2v) is 8.49. The average molecular weight is 397 g/mol. The van der Waals surface area contributed by atoms with E-state index in [-0.39, 0.29) is 18.0 Å². The normalized spacial score (nSPS) is 13.4. The molecule has 0 fully saturated rings. The Morgan fingerprint density at radius 1 is 1.21 bits per heavy atom. The predicted molar refractivity (Wildman–Crippen MR) is 113 cm³/mol. The third kappa shape index (κ3) is 3.67. The first-order valence-electron chi connectivity index (χ1n) is 9.55. The molecule has 0 spiro atoms. The van der Waals surface area contributed by atoms with Crippen LogP contribution in [0, 0.1) is 0 Å². The van der Waals surface area contributed by atoms with E-state index in [9.17, 15) is 9.59 Å². The van der Waals surface area contributed by atoms with E-state index in [0.717, 1.165) is 40.9 Å². The van der Waals surface area contributed by atoms with Gasteiger partial charge in [-0.3, -0.25) is 14.2 Å². The molecule has 1 aliphatic rings. The van der Waals surface area contributed by atoms with Crippen molar-refractivity contribution in [2.24, 2.45) is 0 Å². The van der Waals surface area contributed by atoms with Crippen molar-refractivity contribution in [2.75, 3.05) is 19.0 Å². The minimum absolute atomic E-state index is 0.0117. The van der Waals surface area contributed by atoms with E-state index in [1.165, 1.54) is 22.2 Å². The largest absolute Gasteiger partial charge is 0.378 e. The smallest absolute Gasteiger partial charge is 0.262 e. The molecule has 1 amide bonds. The Bertz CT molecular complexity index is 1070. The summed E-state index contributed by atoms with van der Waals surface area (Å²) >= 11 is 1.62. The first-order chi connectivity index (χ1) is 13.5. The molecule has 0 aliphatic heterocycles. The summed E-state index contributed by atoms with van der Waals surface area (Å²) in [5, 5.41) is 3.61. The number of anilines is 1. The maximum absolute atomic E-state index is 12.9. The van der Waals surface area contributed by atoms with E-state index in [1.54, 1.807) is 11.3 Å². The van der Waals surface area contributed by atoms with Gasteiger partial charge in [-0.15, -0.1) is 11.3 Å². The number of thiophene rings is 1. The molecule has 6 nitrogen and oxygen atoms in total. The molecule has 1 aliphatic carbocycles. The van der Waals surface area contributed by atoms with Crippen LogP contribution >= 0.6 is 11.3 Å². The van der Waals surface area contributed by atoms with Gasteiger partial charge >= 0.3 is 0 Å². The Balaban J connectivity index is 1.46. The van der Waals surface area contributed by atoms with Crippen molar-refractivity contribution in [2.45, 2.75) is 38.8 Å². The van der Waals surface area contributed by atoms with Crippen LogP contribution in [-0.4, -0.2) is 29.6 Å². The zero-order valence-corrected chi connectivity index (χ0v) is 17.0. The number of amides is 1. The summed E-state index contributed by atoms with van der Waals surface area (Å²) in [6.45, 7) is 0.424. The second kappa shape index (κ2) is 7.75. The third-order valence-corrected chi connectivity index (χ3v) is 6.40. The molecule has 0 atom stereocenters. The fourth-order valence-corrected chi connectivity index (χ4v) is 4.84. The Morgan fingerprint density at radius 2 is 1.96 bits per heavy atom. The van der Waals surface area contributed by atoms with Crippen molar-refractivity contribution < 1.29 is 4.79 Å². The van der Waals surface area contributed by atoms with Gasteiger partial charge in [-0.25, -0.2) is 4.98 Å². The van der Waals surface area contributed by atoms with Gasteiger partial charge in [-0.2, -0.15) is 0 Å². The number of nitrogens with zero attached hydrogens (tertiary/aromatic N) is 3. The van der Waals surface area contributed by atoms with E-state index in [1.807, 2.05) is 43.3 Å². The van der Waals surface area contributed by atoms with E-state index >= 15 is 0 Å². The first-order valence-corrected chi connectivity index (χ1v) is 10.4. The van der Waals surface area contributed by atoms with Gasteiger partial charge in [0.1, 0.15) is 11.4 Å². The average Bonchev–Trinajstić information content (AvgIpc) is 3.08. The molecule has 146 valence electrons. The van der Waals surface area contributed by atoms with Crippen molar-refractivity contribution in [1.29, 1.82) is 0 Å². The van der Waals surface area contributed by atoms with Gasteiger partial charge in [-0.05, 0) is 48.9 Å².